The first-order valence-corrected chi connectivity index (χ1v) is 19.6. The Morgan fingerprint density at radius 3 is 1.07 bits per heavy atom. The van der Waals surface area contributed by atoms with E-state index in [4.69, 9.17) is 19.5 Å². The van der Waals surface area contributed by atoms with Gasteiger partial charge in [-0.3, -0.25) is 0 Å². The normalized spacial score (nSPS) is 18.0. The zero-order valence-corrected chi connectivity index (χ0v) is 33.3. The second-order valence-electron chi connectivity index (χ2n) is 17.4. The van der Waals surface area contributed by atoms with Crippen LogP contribution < -0.4 is 0 Å². The first-order valence-electron chi connectivity index (χ1n) is 19.6. The standard InChI is InChI=1S/C50H46N4O2/c1-47(2)49(5,6)55-45(51-47)31-17-23-35(24-18-31)53-41-15-11-9-13-37(41)39-29-33(21-27-43(39)53)34-22-28-44-40(30-34)38-14-10-12-16-42(38)54(44)36-25-19-32(20-26-36)46-52-48(3,4)50(7,8)56-46/h9-30H,1-8H3. The topological polar surface area (TPSA) is 53.0 Å². The van der Waals surface area contributed by atoms with Crippen LogP contribution in [-0.4, -0.2) is 43.2 Å². The van der Waals surface area contributed by atoms with Crippen LogP contribution in [0.1, 0.15) is 66.5 Å². The average Bonchev–Trinajstić information content (AvgIpc) is 3.83. The highest BCUT2D eigenvalue weighted by Gasteiger charge is 2.46. The van der Waals surface area contributed by atoms with Crippen LogP contribution in [0, 0.1) is 0 Å². The molecule has 0 fully saturated rings. The summed E-state index contributed by atoms with van der Waals surface area (Å²) in [6, 6.07) is 48.3. The number of para-hydroxylation sites is 2. The zero-order chi connectivity index (χ0) is 38.8. The van der Waals surface area contributed by atoms with Gasteiger partial charge in [-0.25, -0.2) is 9.98 Å². The number of aliphatic imine (C=N–C) groups is 2. The molecule has 0 aliphatic carbocycles. The van der Waals surface area contributed by atoms with Crippen molar-refractivity contribution in [1.29, 1.82) is 0 Å². The molecule has 0 saturated carbocycles. The molecule has 2 aliphatic rings. The van der Waals surface area contributed by atoms with E-state index in [-0.39, 0.29) is 22.3 Å². The fourth-order valence-corrected chi connectivity index (χ4v) is 8.17. The fourth-order valence-electron chi connectivity index (χ4n) is 8.17. The number of nitrogens with zero attached hydrogens (tertiary/aromatic N) is 4. The van der Waals surface area contributed by atoms with Crippen LogP contribution in [0.3, 0.4) is 0 Å². The number of benzene rings is 6. The van der Waals surface area contributed by atoms with E-state index in [0.29, 0.717) is 11.8 Å². The third-order valence-corrected chi connectivity index (χ3v) is 12.8. The summed E-state index contributed by atoms with van der Waals surface area (Å²) >= 11 is 0. The minimum absolute atomic E-state index is 0.295. The van der Waals surface area contributed by atoms with Crippen molar-refractivity contribution in [3.8, 4) is 22.5 Å². The van der Waals surface area contributed by atoms with Crippen LogP contribution >= 0.6 is 0 Å². The molecule has 0 saturated heterocycles. The lowest BCUT2D eigenvalue weighted by Gasteiger charge is -2.30. The summed E-state index contributed by atoms with van der Waals surface area (Å²) < 4.78 is 17.4. The van der Waals surface area contributed by atoms with E-state index < -0.39 is 0 Å². The second-order valence-corrected chi connectivity index (χ2v) is 17.4. The zero-order valence-electron chi connectivity index (χ0n) is 33.3. The van der Waals surface area contributed by atoms with Gasteiger partial charge < -0.3 is 18.6 Å². The van der Waals surface area contributed by atoms with Gasteiger partial charge in [0.15, 0.2) is 0 Å². The molecule has 0 bridgehead atoms. The summed E-state index contributed by atoms with van der Waals surface area (Å²) in [7, 11) is 0. The molecule has 56 heavy (non-hydrogen) atoms. The molecule has 4 heterocycles. The van der Waals surface area contributed by atoms with E-state index >= 15 is 0 Å². The van der Waals surface area contributed by atoms with Gasteiger partial charge >= 0.3 is 0 Å². The third kappa shape index (κ3) is 5.08. The van der Waals surface area contributed by atoms with Crippen LogP contribution in [0.25, 0.3) is 66.1 Å². The number of hydrogen-bond acceptors (Lipinski definition) is 4. The summed E-state index contributed by atoms with van der Waals surface area (Å²) in [5.41, 5.74) is 9.92. The summed E-state index contributed by atoms with van der Waals surface area (Å²) in [4.78, 5) is 9.86. The molecule has 0 N–H and O–H groups in total. The molecular weight excluding hydrogens is 689 g/mol. The van der Waals surface area contributed by atoms with Crippen LogP contribution in [0.15, 0.2) is 143 Å². The van der Waals surface area contributed by atoms with Crippen LogP contribution in [-0.2, 0) is 9.47 Å². The van der Waals surface area contributed by atoms with E-state index in [9.17, 15) is 0 Å². The summed E-state index contributed by atoms with van der Waals surface area (Å²) in [5, 5.41) is 4.89. The highest BCUT2D eigenvalue weighted by atomic mass is 16.5. The van der Waals surface area contributed by atoms with Crippen LogP contribution in [0.4, 0.5) is 0 Å². The Kier molecular flexibility index (Phi) is 7.17. The SMILES string of the molecule is CC1(C)N=C(c2ccc(-n3c4ccccc4c4cc(-c5ccc6c(c5)c5ccccc5n6-c5ccc(C6=NC(C)(C)C(C)(C)O6)cc5)ccc43)cc2)OC1(C)C. The molecule has 6 aromatic carbocycles. The summed E-state index contributed by atoms with van der Waals surface area (Å²) in [5.74, 6) is 1.41. The lowest BCUT2D eigenvalue weighted by molar-refractivity contribution is 0.0618. The Balaban J connectivity index is 1.03. The fraction of sp³-hybridized carbons (Fsp3) is 0.240. The van der Waals surface area contributed by atoms with Crippen molar-refractivity contribution in [3.05, 3.63) is 145 Å². The van der Waals surface area contributed by atoms with Gasteiger partial charge in [0.25, 0.3) is 0 Å². The van der Waals surface area contributed by atoms with Gasteiger partial charge in [0.1, 0.15) is 11.2 Å². The van der Waals surface area contributed by atoms with E-state index in [1.165, 1.54) is 54.7 Å². The van der Waals surface area contributed by atoms with Gasteiger partial charge in [-0.1, -0.05) is 48.5 Å². The van der Waals surface area contributed by atoms with Crippen molar-refractivity contribution in [2.75, 3.05) is 0 Å². The Labute approximate surface area is 327 Å². The molecule has 0 atom stereocenters. The molecule has 0 unspecified atom stereocenters. The Hall–Kier alpha value is -6.14. The van der Waals surface area contributed by atoms with Gasteiger partial charge in [-0.05, 0) is 151 Å². The Bertz CT molecular complexity index is 2750. The molecule has 8 aromatic rings. The Morgan fingerprint density at radius 1 is 0.375 bits per heavy atom. The highest BCUT2D eigenvalue weighted by Crippen LogP contribution is 2.41. The second kappa shape index (κ2) is 11.7. The molecular formula is C50H46N4O2. The van der Waals surface area contributed by atoms with E-state index in [1.54, 1.807) is 0 Å². The van der Waals surface area contributed by atoms with Crippen molar-refractivity contribution in [2.24, 2.45) is 9.98 Å². The van der Waals surface area contributed by atoms with Gasteiger partial charge in [-0.15, -0.1) is 0 Å². The van der Waals surface area contributed by atoms with Gasteiger partial charge in [0.2, 0.25) is 11.8 Å². The van der Waals surface area contributed by atoms with Crippen molar-refractivity contribution in [2.45, 2.75) is 77.7 Å². The number of rotatable bonds is 5. The quantitative estimate of drug-likeness (QED) is 0.177. The molecule has 0 radical (unpaired) electrons. The monoisotopic (exact) mass is 734 g/mol. The first-order chi connectivity index (χ1) is 26.7. The maximum Gasteiger partial charge on any atom is 0.217 e. The first kappa shape index (κ1) is 34.4. The predicted octanol–water partition coefficient (Wildman–Crippen LogP) is 12.2. The maximum atomic E-state index is 6.32. The van der Waals surface area contributed by atoms with Crippen molar-refractivity contribution in [1.82, 2.24) is 9.13 Å². The third-order valence-electron chi connectivity index (χ3n) is 12.8. The smallest absolute Gasteiger partial charge is 0.217 e. The number of fused-ring (bicyclic) bond motifs is 6. The number of ether oxygens (including phenoxy) is 2. The minimum atomic E-state index is -0.365. The maximum absolute atomic E-state index is 6.32. The van der Waals surface area contributed by atoms with Crippen molar-refractivity contribution < 1.29 is 9.47 Å². The molecule has 2 aromatic heterocycles. The Morgan fingerprint density at radius 2 is 0.714 bits per heavy atom. The minimum Gasteiger partial charge on any atom is -0.469 e. The van der Waals surface area contributed by atoms with Gasteiger partial charge in [0.05, 0.1) is 33.1 Å². The number of hydrogen-bond donors (Lipinski definition) is 0. The lowest BCUT2D eigenvalue weighted by Crippen LogP contribution is -2.41. The van der Waals surface area contributed by atoms with E-state index in [2.05, 4.69) is 198 Å². The predicted molar refractivity (Wildman–Crippen MR) is 232 cm³/mol. The number of aromatic nitrogens is 2. The largest absolute Gasteiger partial charge is 0.469 e. The van der Waals surface area contributed by atoms with E-state index in [1.807, 2.05) is 0 Å². The molecule has 278 valence electrons. The molecule has 2 aliphatic heterocycles. The molecule has 10 rings (SSSR count). The van der Waals surface area contributed by atoms with Crippen molar-refractivity contribution in [3.63, 3.8) is 0 Å². The summed E-state index contributed by atoms with van der Waals surface area (Å²) in [6.07, 6.45) is 0. The lowest BCUT2D eigenvalue weighted by atomic mass is 9.87. The molecule has 0 spiro atoms. The van der Waals surface area contributed by atoms with Crippen LogP contribution in [0.5, 0.6) is 0 Å². The van der Waals surface area contributed by atoms with Gasteiger partial charge in [-0.2, -0.15) is 0 Å². The van der Waals surface area contributed by atoms with Crippen LogP contribution in [0.2, 0.25) is 0 Å². The molecule has 6 heteroatoms. The molecule has 0 amide bonds. The van der Waals surface area contributed by atoms with Crippen molar-refractivity contribution >= 4 is 55.4 Å². The molecule has 6 nitrogen and oxygen atoms in total. The summed E-state index contributed by atoms with van der Waals surface area (Å²) in [6.45, 7) is 16.9. The van der Waals surface area contributed by atoms with Gasteiger partial charge in [0, 0.05) is 44.0 Å². The average molecular weight is 735 g/mol. The highest BCUT2D eigenvalue weighted by molar-refractivity contribution is 6.13. The van der Waals surface area contributed by atoms with E-state index in [0.717, 1.165) is 22.5 Å².